The van der Waals surface area contributed by atoms with Crippen LogP contribution in [-0.4, -0.2) is 28.8 Å². The molecule has 136 valence electrons. The Kier molecular flexibility index (Phi) is 4.31. The van der Waals surface area contributed by atoms with Gasteiger partial charge in [0.2, 0.25) is 0 Å². The largest absolute Gasteiger partial charge is 0.378 e. The minimum Gasteiger partial charge on any atom is -0.378 e. The molecule has 2 heterocycles. The van der Waals surface area contributed by atoms with E-state index in [0.717, 1.165) is 30.7 Å². The number of rotatable bonds is 4. The van der Waals surface area contributed by atoms with Gasteiger partial charge in [0.25, 0.3) is 0 Å². The highest BCUT2D eigenvalue weighted by molar-refractivity contribution is 5.65. The summed E-state index contributed by atoms with van der Waals surface area (Å²) in [5, 5.41) is 3.91. The van der Waals surface area contributed by atoms with Crippen LogP contribution in [0.1, 0.15) is 42.3 Å². The summed E-state index contributed by atoms with van der Waals surface area (Å²) in [6.45, 7) is 4.42. The normalized spacial score (nSPS) is 13.7. The standard InChI is InChI=1S/C21H26N4O/c1-5-15-11-17(24(3)4)10-14(2)20(15)25-19-9-7-6-8-18(19)23-21(25)16-12-22-26-13-16/h10-13H,5-9H2,1-4H3. The predicted molar refractivity (Wildman–Crippen MR) is 104 cm³/mol. The summed E-state index contributed by atoms with van der Waals surface area (Å²) in [7, 11) is 4.19. The van der Waals surface area contributed by atoms with Crippen molar-refractivity contribution in [3.8, 4) is 17.1 Å². The Balaban J connectivity index is 2.00. The second-order valence-electron chi connectivity index (χ2n) is 7.30. The molecule has 1 aliphatic carbocycles. The highest BCUT2D eigenvalue weighted by Crippen LogP contribution is 2.35. The van der Waals surface area contributed by atoms with E-state index in [4.69, 9.17) is 9.51 Å². The van der Waals surface area contributed by atoms with Crippen molar-refractivity contribution in [2.24, 2.45) is 0 Å². The Bertz CT molecular complexity index is 922. The molecular weight excluding hydrogens is 324 g/mol. The number of aromatic nitrogens is 3. The maximum absolute atomic E-state index is 5.12. The number of benzene rings is 1. The number of hydrogen-bond donors (Lipinski definition) is 0. The van der Waals surface area contributed by atoms with Gasteiger partial charge in [-0.25, -0.2) is 4.98 Å². The summed E-state index contributed by atoms with van der Waals surface area (Å²) in [4.78, 5) is 7.16. The lowest BCUT2D eigenvalue weighted by molar-refractivity contribution is 0.420. The Morgan fingerprint density at radius 2 is 2.00 bits per heavy atom. The zero-order chi connectivity index (χ0) is 18.3. The van der Waals surface area contributed by atoms with Crippen molar-refractivity contribution in [2.45, 2.75) is 46.0 Å². The summed E-state index contributed by atoms with van der Waals surface area (Å²) >= 11 is 0. The second kappa shape index (κ2) is 6.63. The molecule has 5 heteroatoms. The van der Waals surface area contributed by atoms with Crippen molar-refractivity contribution in [3.63, 3.8) is 0 Å². The molecule has 0 N–H and O–H groups in total. The van der Waals surface area contributed by atoms with E-state index in [1.165, 1.54) is 46.7 Å². The Morgan fingerprint density at radius 3 is 2.69 bits per heavy atom. The van der Waals surface area contributed by atoms with Gasteiger partial charge in [-0.05, 0) is 62.3 Å². The van der Waals surface area contributed by atoms with Crippen LogP contribution in [0.4, 0.5) is 5.69 Å². The van der Waals surface area contributed by atoms with E-state index in [1.807, 2.05) is 0 Å². The van der Waals surface area contributed by atoms with Crippen molar-refractivity contribution in [1.29, 1.82) is 0 Å². The molecular formula is C21H26N4O. The molecule has 0 fully saturated rings. The Labute approximate surface area is 154 Å². The highest BCUT2D eigenvalue weighted by atomic mass is 16.5. The van der Waals surface area contributed by atoms with Crippen LogP contribution in [0, 0.1) is 6.92 Å². The maximum Gasteiger partial charge on any atom is 0.149 e. The smallest absolute Gasteiger partial charge is 0.149 e. The van der Waals surface area contributed by atoms with Gasteiger partial charge < -0.3 is 9.42 Å². The zero-order valence-corrected chi connectivity index (χ0v) is 16.0. The molecule has 1 aliphatic rings. The van der Waals surface area contributed by atoms with Gasteiger partial charge in [0.05, 0.1) is 23.1 Å². The fourth-order valence-corrected chi connectivity index (χ4v) is 3.97. The molecule has 26 heavy (non-hydrogen) atoms. The van der Waals surface area contributed by atoms with Gasteiger partial charge in [0.15, 0.2) is 0 Å². The number of fused-ring (bicyclic) bond motifs is 1. The van der Waals surface area contributed by atoms with Gasteiger partial charge in [-0.15, -0.1) is 0 Å². The number of anilines is 1. The van der Waals surface area contributed by atoms with Gasteiger partial charge in [-0.2, -0.15) is 0 Å². The number of imidazole rings is 1. The number of hydrogen-bond acceptors (Lipinski definition) is 4. The van der Waals surface area contributed by atoms with Crippen molar-refractivity contribution >= 4 is 5.69 Å². The molecule has 0 radical (unpaired) electrons. The van der Waals surface area contributed by atoms with Gasteiger partial charge in [0.1, 0.15) is 12.1 Å². The third kappa shape index (κ3) is 2.71. The number of nitrogens with zero attached hydrogens (tertiary/aromatic N) is 4. The first kappa shape index (κ1) is 16.9. The van der Waals surface area contributed by atoms with Crippen LogP contribution in [0.5, 0.6) is 0 Å². The molecule has 0 saturated carbocycles. The minimum absolute atomic E-state index is 0.942. The average molecular weight is 350 g/mol. The van der Waals surface area contributed by atoms with Crippen molar-refractivity contribution in [1.82, 2.24) is 14.7 Å². The molecule has 0 atom stereocenters. The molecule has 0 amide bonds. The van der Waals surface area contributed by atoms with E-state index in [-0.39, 0.29) is 0 Å². The highest BCUT2D eigenvalue weighted by Gasteiger charge is 2.25. The third-order valence-corrected chi connectivity index (χ3v) is 5.31. The monoisotopic (exact) mass is 350 g/mol. The average Bonchev–Trinajstić information content (AvgIpc) is 3.28. The molecule has 2 aromatic heterocycles. The van der Waals surface area contributed by atoms with Crippen LogP contribution in [0.3, 0.4) is 0 Å². The lowest BCUT2D eigenvalue weighted by Crippen LogP contribution is -2.13. The van der Waals surface area contributed by atoms with Gasteiger partial charge in [-0.1, -0.05) is 12.1 Å². The fraction of sp³-hybridized carbons (Fsp3) is 0.429. The molecule has 5 nitrogen and oxygen atoms in total. The first-order valence-corrected chi connectivity index (χ1v) is 9.41. The van der Waals surface area contributed by atoms with Crippen molar-refractivity contribution in [3.05, 3.63) is 47.1 Å². The third-order valence-electron chi connectivity index (χ3n) is 5.31. The molecule has 0 bridgehead atoms. The topological polar surface area (TPSA) is 47.1 Å². The van der Waals surface area contributed by atoms with Gasteiger partial charge in [0, 0.05) is 25.5 Å². The number of aryl methyl sites for hydroxylation is 3. The lowest BCUT2D eigenvalue weighted by atomic mass is 9.99. The molecule has 1 aromatic carbocycles. The quantitative estimate of drug-likeness (QED) is 0.702. The van der Waals surface area contributed by atoms with Crippen molar-refractivity contribution < 1.29 is 4.52 Å². The molecule has 0 unspecified atom stereocenters. The summed E-state index contributed by atoms with van der Waals surface area (Å²) in [6.07, 6.45) is 9.00. The lowest BCUT2D eigenvalue weighted by Gasteiger charge is -2.22. The van der Waals surface area contributed by atoms with E-state index in [2.05, 4.69) is 54.7 Å². The van der Waals surface area contributed by atoms with Crippen molar-refractivity contribution in [2.75, 3.05) is 19.0 Å². The van der Waals surface area contributed by atoms with Crippen LogP contribution < -0.4 is 4.90 Å². The summed E-state index contributed by atoms with van der Waals surface area (Å²) < 4.78 is 7.49. The molecule has 0 saturated heterocycles. The van der Waals surface area contributed by atoms with E-state index in [9.17, 15) is 0 Å². The molecule has 3 aromatic rings. The molecule has 4 rings (SSSR count). The van der Waals surface area contributed by atoms with E-state index < -0.39 is 0 Å². The zero-order valence-electron chi connectivity index (χ0n) is 16.0. The van der Waals surface area contributed by atoms with Crippen LogP contribution >= 0.6 is 0 Å². The predicted octanol–water partition coefficient (Wildman–Crippen LogP) is 4.34. The van der Waals surface area contributed by atoms with E-state index in [1.54, 1.807) is 12.5 Å². The first-order valence-electron chi connectivity index (χ1n) is 9.41. The van der Waals surface area contributed by atoms with Crippen LogP contribution in [0.15, 0.2) is 29.1 Å². The van der Waals surface area contributed by atoms with Gasteiger partial charge in [-0.3, -0.25) is 4.57 Å². The van der Waals surface area contributed by atoms with Crippen LogP contribution in [-0.2, 0) is 19.3 Å². The minimum atomic E-state index is 0.942. The van der Waals surface area contributed by atoms with E-state index >= 15 is 0 Å². The SMILES string of the molecule is CCc1cc(N(C)C)cc(C)c1-n1c(-c2cnoc2)nc2c1CCCC2. The Hall–Kier alpha value is -2.56. The Morgan fingerprint density at radius 1 is 1.19 bits per heavy atom. The van der Waals surface area contributed by atoms with Gasteiger partial charge >= 0.3 is 0 Å². The van der Waals surface area contributed by atoms with E-state index in [0.29, 0.717) is 0 Å². The first-order chi connectivity index (χ1) is 12.6. The summed E-state index contributed by atoms with van der Waals surface area (Å²) in [5.41, 5.74) is 8.65. The fourth-order valence-electron chi connectivity index (χ4n) is 3.97. The summed E-state index contributed by atoms with van der Waals surface area (Å²) in [5.74, 6) is 0.952. The molecule has 0 spiro atoms. The summed E-state index contributed by atoms with van der Waals surface area (Å²) in [6, 6.07) is 4.57. The van der Waals surface area contributed by atoms with Crippen LogP contribution in [0.25, 0.3) is 17.1 Å². The maximum atomic E-state index is 5.12. The molecule has 0 aliphatic heterocycles. The van der Waals surface area contributed by atoms with Crippen LogP contribution in [0.2, 0.25) is 0 Å². The second-order valence-corrected chi connectivity index (χ2v) is 7.30.